The summed E-state index contributed by atoms with van der Waals surface area (Å²) in [5, 5.41) is 0. The molecule has 0 N–H and O–H groups in total. The zero-order valence-electron chi connectivity index (χ0n) is 12.4. The molecular weight excluding hydrogens is 328 g/mol. The number of rotatable bonds is 3. The SMILES string of the molecule is O=C(Oc1ccc(C2SCCS2)cc1)C1Cc2ccccc2O1. The maximum Gasteiger partial charge on any atom is 0.353 e. The van der Waals surface area contributed by atoms with Crippen molar-refractivity contribution in [2.45, 2.75) is 17.1 Å². The van der Waals surface area contributed by atoms with Gasteiger partial charge in [-0.25, -0.2) is 4.79 Å². The molecule has 23 heavy (non-hydrogen) atoms. The van der Waals surface area contributed by atoms with Gasteiger partial charge in [-0.2, -0.15) is 0 Å². The maximum atomic E-state index is 12.3. The number of para-hydroxylation sites is 1. The summed E-state index contributed by atoms with van der Waals surface area (Å²) in [6.45, 7) is 0. The van der Waals surface area contributed by atoms with Crippen molar-refractivity contribution >= 4 is 29.5 Å². The third-order valence-electron chi connectivity index (χ3n) is 3.90. The van der Waals surface area contributed by atoms with Gasteiger partial charge in [0.1, 0.15) is 11.5 Å². The monoisotopic (exact) mass is 344 g/mol. The zero-order chi connectivity index (χ0) is 15.6. The van der Waals surface area contributed by atoms with E-state index in [9.17, 15) is 4.79 Å². The first kappa shape index (κ1) is 15.0. The van der Waals surface area contributed by atoms with Gasteiger partial charge in [0, 0.05) is 17.9 Å². The Morgan fingerprint density at radius 2 is 1.78 bits per heavy atom. The van der Waals surface area contributed by atoms with E-state index in [1.807, 2.05) is 72.1 Å². The molecule has 2 aliphatic rings. The van der Waals surface area contributed by atoms with Crippen LogP contribution < -0.4 is 9.47 Å². The molecular formula is C18H16O3S2. The van der Waals surface area contributed by atoms with Crippen molar-refractivity contribution in [2.75, 3.05) is 11.5 Å². The number of hydrogen-bond donors (Lipinski definition) is 0. The molecule has 2 heterocycles. The van der Waals surface area contributed by atoms with Crippen molar-refractivity contribution in [3.05, 3.63) is 59.7 Å². The van der Waals surface area contributed by atoms with E-state index in [0.29, 0.717) is 16.8 Å². The molecule has 118 valence electrons. The Morgan fingerprint density at radius 1 is 1.04 bits per heavy atom. The number of carbonyl (C=O) groups is 1. The summed E-state index contributed by atoms with van der Waals surface area (Å²) in [7, 11) is 0. The number of esters is 1. The van der Waals surface area contributed by atoms with Gasteiger partial charge in [0.2, 0.25) is 0 Å². The molecule has 3 nitrogen and oxygen atoms in total. The molecule has 4 rings (SSSR count). The number of thioether (sulfide) groups is 2. The minimum Gasteiger partial charge on any atom is -0.478 e. The van der Waals surface area contributed by atoms with Gasteiger partial charge in [-0.1, -0.05) is 30.3 Å². The smallest absolute Gasteiger partial charge is 0.353 e. The van der Waals surface area contributed by atoms with E-state index in [2.05, 4.69) is 0 Å². The van der Waals surface area contributed by atoms with E-state index in [0.717, 1.165) is 11.3 Å². The van der Waals surface area contributed by atoms with Crippen LogP contribution in [0, 0.1) is 0 Å². The van der Waals surface area contributed by atoms with Crippen LogP contribution in [0.4, 0.5) is 0 Å². The topological polar surface area (TPSA) is 35.5 Å². The van der Waals surface area contributed by atoms with Gasteiger partial charge in [-0.15, -0.1) is 23.5 Å². The van der Waals surface area contributed by atoms with Crippen molar-refractivity contribution in [3.8, 4) is 11.5 Å². The second kappa shape index (κ2) is 6.49. The van der Waals surface area contributed by atoms with Gasteiger partial charge in [0.05, 0.1) is 4.58 Å². The molecule has 0 bridgehead atoms. The van der Waals surface area contributed by atoms with Crippen LogP contribution in [0.3, 0.4) is 0 Å². The van der Waals surface area contributed by atoms with E-state index in [1.54, 1.807) is 0 Å². The number of benzene rings is 2. The van der Waals surface area contributed by atoms with E-state index >= 15 is 0 Å². The lowest BCUT2D eigenvalue weighted by molar-refractivity contribution is -0.141. The number of carbonyl (C=O) groups excluding carboxylic acids is 1. The zero-order valence-corrected chi connectivity index (χ0v) is 14.1. The van der Waals surface area contributed by atoms with Crippen molar-refractivity contribution in [1.29, 1.82) is 0 Å². The summed E-state index contributed by atoms with van der Waals surface area (Å²) in [5.41, 5.74) is 2.34. The van der Waals surface area contributed by atoms with Crippen LogP contribution in [-0.4, -0.2) is 23.6 Å². The Labute approximate surface area is 143 Å². The number of fused-ring (bicyclic) bond motifs is 1. The molecule has 0 aromatic heterocycles. The highest BCUT2D eigenvalue weighted by Crippen LogP contribution is 2.45. The normalized spacial score (nSPS) is 20.1. The molecule has 0 radical (unpaired) electrons. The summed E-state index contributed by atoms with van der Waals surface area (Å²) >= 11 is 3.93. The summed E-state index contributed by atoms with van der Waals surface area (Å²) in [4.78, 5) is 12.3. The average molecular weight is 344 g/mol. The lowest BCUT2D eigenvalue weighted by Gasteiger charge is -2.12. The van der Waals surface area contributed by atoms with Crippen LogP contribution in [-0.2, 0) is 11.2 Å². The second-order valence-electron chi connectivity index (χ2n) is 5.48. The quantitative estimate of drug-likeness (QED) is 0.619. The molecule has 2 aliphatic heterocycles. The highest BCUT2D eigenvalue weighted by Gasteiger charge is 2.30. The lowest BCUT2D eigenvalue weighted by atomic mass is 10.1. The fraction of sp³-hybridized carbons (Fsp3) is 0.278. The van der Waals surface area contributed by atoms with Crippen molar-refractivity contribution in [3.63, 3.8) is 0 Å². The first-order valence-electron chi connectivity index (χ1n) is 7.59. The largest absolute Gasteiger partial charge is 0.478 e. The summed E-state index contributed by atoms with van der Waals surface area (Å²) in [6.07, 6.45) is 0.0237. The first-order valence-corrected chi connectivity index (χ1v) is 9.69. The Kier molecular flexibility index (Phi) is 4.23. The number of ether oxygens (including phenoxy) is 2. The van der Waals surface area contributed by atoms with E-state index in [4.69, 9.17) is 9.47 Å². The fourth-order valence-electron chi connectivity index (χ4n) is 2.74. The Bertz CT molecular complexity index is 683. The van der Waals surface area contributed by atoms with E-state index < -0.39 is 6.10 Å². The molecule has 0 saturated carbocycles. The molecule has 2 aromatic rings. The molecule has 0 amide bonds. The molecule has 1 unspecified atom stereocenters. The summed E-state index contributed by atoms with van der Waals surface area (Å²) in [5.74, 6) is 3.42. The van der Waals surface area contributed by atoms with Gasteiger partial charge >= 0.3 is 5.97 Å². The molecule has 1 fully saturated rings. The molecule has 1 atom stereocenters. The van der Waals surface area contributed by atoms with E-state index in [-0.39, 0.29) is 5.97 Å². The summed E-state index contributed by atoms with van der Waals surface area (Å²) in [6, 6.07) is 15.6. The van der Waals surface area contributed by atoms with Crippen molar-refractivity contribution in [2.24, 2.45) is 0 Å². The molecule has 1 saturated heterocycles. The molecule has 0 aliphatic carbocycles. The second-order valence-corrected chi connectivity index (χ2v) is 8.21. The molecule has 0 spiro atoms. The van der Waals surface area contributed by atoms with Crippen LogP contribution in [0.1, 0.15) is 15.7 Å². The maximum absolute atomic E-state index is 12.3. The third kappa shape index (κ3) is 3.21. The standard InChI is InChI=1S/C18H16O3S2/c19-17(16-11-13-3-1-2-4-15(13)21-16)20-14-7-5-12(6-8-14)18-22-9-10-23-18/h1-8,16,18H,9-11H2. The third-order valence-corrected chi connectivity index (χ3v) is 7.01. The fourth-order valence-corrected chi connectivity index (χ4v) is 5.60. The predicted molar refractivity (Wildman–Crippen MR) is 94.3 cm³/mol. The van der Waals surface area contributed by atoms with E-state index in [1.165, 1.54) is 17.1 Å². The molecule has 2 aromatic carbocycles. The van der Waals surface area contributed by atoms with Crippen LogP contribution in [0.2, 0.25) is 0 Å². The van der Waals surface area contributed by atoms with Crippen LogP contribution in [0.25, 0.3) is 0 Å². The van der Waals surface area contributed by atoms with Gasteiger partial charge in [0.25, 0.3) is 0 Å². The average Bonchev–Trinajstić information content (AvgIpc) is 3.25. The minimum absolute atomic E-state index is 0.335. The first-order chi connectivity index (χ1) is 11.3. The van der Waals surface area contributed by atoms with Crippen LogP contribution in [0.15, 0.2) is 48.5 Å². The summed E-state index contributed by atoms with van der Waals surface area (Å²) < 4.78 is 11.6. The molecule has 5 heteroatoms. The highest BCUT2D eigenvalue weighted by atomic mass is 32.2. The van der Waals surface area contributed by atoms with Crippen LogP contribution >= 0.6 is 23.5 Å². The lowest BCUT2D eigenvalue weighted by Crippen LogP contribution is -2.29. The Hall–Kier alpha value is -1.59. The number of hydrogen-bond acceptors (Lipinski definition) is 5. The highest BCUT2D eigenvalue weighted by molar-refractivity contribution is 8.19. The minimum atomic E-state index is -0.548. The Morgan fingerprint density at radius 3 is 2.52 bits per heavy atom. The van der Waals surface area contributed by atoms with Gasteiger partial charge in [-0.05, 0) is 29.3 Å². The van der Waals surface area contributed by atoms with Gasteiger partial charge in [0.15, 0.2) is 6.10 Å². The van der Waals surface area contributed by atoms with Gasteiger partial charge in [-0.3, -0.25) is 0 Å². The van der Waals surface area contributed by atoms with Crippen molar-refractivity contribution < 1.29 is 14.3 Å². The van der Waals surface area contributed by atoms with Gasteiger partial charge < -0.3 is 9.47 Å². The van der Waals surface area contributed by atoms with Crippen molar-refractivity contribution in [1.82, 2.24) is 0 Å². The Balaban J connectivity index is 1.39. The van der Waals surface area contributed by atoms with Crippen LogP contribution in [0.5, 0.6) is 11.5 Å². The predicted octanol–water partition coefficient (Wildman–Crippen LogP) is 4.07.